The van der Waals surface area contributed by atoms with Crippen molar-refractivity contribution in [2.75, 3.05) is 10.2 Å². The van der Waals surface area contributed by atoms with Gasteiger partial charge in [0.05, 0.1) is 46.7 Å². The van der Waals surface area contributed by atoms with Crippen molar-refractivity contribution < 1.29 is 9.53 Å². The van der Waals surface area contributed by atoms with Gasteiger partial charge in [-0.2, -0.15) is 20.6 Å². The highest BCUT2D eigenvalue weighted by molar-refractivity contribution is 5.74. The normalized spacial score (nSPS) is 26.3. The average molecular weight is 521 g/mol. The van der Waals surface area contributed by atoms with E-state index in [-0.39, 0.29) is 17.0 Å². The fourth-order valence-corrected chi connectivity index (χ4v) is 6.53. The highest BCUT2D eigenvalue weighted by Gasteiger charge is 2.69. The summed E-state index contributed by atoms with van der Waals surface area (Å²) in [7, 11) is 1.84. The largest absolute Gasteiger partial charge is 0.438 e. The molecule has 10 nitrogen and oxygen atoms in total. The van der Waals surface area contributed by atoms with Crippen molar-refractivity contribution in [3.05, 3.63) is 58.6 Å². The average Bonchev–Trinajstić information content (AvgIpc) is 3.41. The van der Waals surface area contributed by atoms with Crippen LogP contribution >= 0.6 is 0 Å². The number of fused-ring (bicyclic) bond motifs is 1. The molecule has 2 aromatic heterocycles. The summed E-state index contributed by atoms with van der Waals surface area (Å²) in [5.74, 6) is 1.45. The Hall–Kier alpha value is -4.70. The summed E-state index contributed by atoms with van der Waals surface area (Å²) in [6.07, 6.45) is 9.99. The van der Waals surface area contributed by atoms with E-state index in [1.807, 2.05) is 57.1 Å². The van der Waals surface area contributed by atoms with Crippen LogP contribution in [0.1, 0.15) is 66.2 Å². The van der Waals surface area contributed by atoms with Crippen LogP contribution in [0, 0.1) is 41.9 Å². The number of ether oxygens (including phenoxy) is 1. The number of hydrogen-bond donors (Lipinski definition) is 1. The first kappa shape index (κ1) is 24.6. The minimum atomic E-state index is -0.635. The number of nitrogens with one attached hydrogen (secondary N) is 1. The van der Waals surface area contributed by atoms with Gasteiger partial charge in [0.15, 0.2) is 0 Å². The van der Waals surface area contributed by atoms with Gasteiger partial charge in [0.1, 0.15) is 18.1 Å². The molecule has 1 N–H and O–H groups in total. The maximum atomic E-state index is 12.5. The van der Waals surface area contributed by atoms with Crippen LogP contribution in [-0.4, -0.2) is 31.6 Å². The standard InChI is InChI=1S/C29H28N8O2/c1-17-8-20(6-5-7-30)9-18(2)25(17)39-26-23-19(3)37(21-10-32-36(4)11-21)22(12-38)24(23)33-27(34-26)35-29-13-28(14-29,15-29)16-31/h5-6,8-12,19,22H,13-15H2,1-4H3,(H,33,34,35)/b6-5+/t19-,22?,28?,29?/m0/s1. The van der Waals surface area contributed by atoms with Crippen LogP contribution in [0.3, 0.4) is 0 Å². The molecule has 3 saturated carbocycles. The van der Waals surface area contributed by atoms with Gasteiger partial charge < -0.3 is 19.7 Å². The molecule has 0 spiro atoms. The second kappa shape index (κ2) is 8.67. The number of rotatable bonds is 7. The van der Waals surface area contributed by atoms with Gasteiger partial charge in [0.2, 0.25) is 11.8 Å². The Morgan fingerprint density at radius 1 is 1.18 bits per heavy atom. The summed E-state index contributed by atoms with van der Waals surface area (Å²) in [5.41, 5.74) is 4.43. The summed E-state index contributed by atoms with van der Waals surface area (Å²) in [6.45, 7) is 5.91. The van der Waals surface area contributed by atoms with Gasteiger partial charge in [-0.3, -0.25) is 4.68 Å². The Labute approximate surface area is 226 Å². The third kappa shape index (κ3) is 3.83. The van der Waals surface area contributed by atoms with Gasteiger partial charge >= 0.3 is 0 Å². The zero-order valence-corrected chi connectivity index (χ0v) is 22.3. The van der Waals surface area contributed by atoms with Crippen LogP contribution in [0.15, 0.2) is 30.6 Å². The highest BCUT2D eigenvalue weighted by Crippen LogP contribution is 2.67. The Bertz CT molecular complexity index is 1580. The van der Waals surface area contributed by atoms with Crippen LogP contribution in [0.4, 0.5) is 11.6 Å². The molecule has 1 unspecified atom stereocenters. The number of nitriles is 2. The predicted molar refractivity (Wildman–Crippen MR) is 144 cm³/mol. The lowest BCUT2D eigenvalue weighted by Crippen LogP contribution is -2.70. The van der Waals surface area contributed by atoms with Gasteiger partial charge in [-0.25, -0.2) is 4.98 Å². The molecule has 10 heteroatoms. The van der Waals surface area contributed by atoms with Crippen molar-refractivity contribution in [3.63, 3.8) is 0 Å². The maximum absolute atomic E-state index is 12.5. The summed E-state index contributed by atoms with van der Waals surface area (Å²) in [6, 6.07) is 7.48. The monoisotopic (exact) mass is 520 g/mol. The molecular weight excluding hydrogens is 492 g/mol. The number of carbonyl (C=O) groups is 1. The summed E-state index contributed by atoms with van der Waals surface area (Å²) >= 11 is 0. The van der Waals surface area contributed by atoms with E-state index in [0.29, 0.717) is 23.3 Å². The fraction of sp³-hybridized carbons (Fsp3) is 0.379. The third-order valence-corrected chi connectivity index (χ3v) is 8.15. The van der Waals surface area contributed by atoms with E-state index < -0.39 is 6.04 Å². The second-order valence-electron chi connectivity index (χ2n) is 11.1. The first-order valence-corrected chi connectivity index (χ1v) is 12.9. The number of carbonyl (C=O) groups excluding carboxylic acids is 1. The Balaban J connectivity index is 1.43. The van der Waals surface area contributed by atoms with Crippen LogP contribution in [-0.2, 0) is 11.8 Å². The molecule has 196 valence electrons. The number of aromatic nitrogens is 4. The molecule has 1 aliphatic heterocycles. The molecule has 3 fully saturated rings. The molecule has 7 rings (SSSR count). The first-order valence-electron chi connectivity index (χ1n) is 12.9. The number of aldehydes is 1. The van der Waals surface area contributed by atoms with Gasteiger partial charge in [-0.05, 0) is 74.9 Å². The van der Waals surface area contributed by atoms with Crippen LogP contribution in [0.2, 0.25) is 0 Å². The molecule has 0 radical (unpaired) electrons. The molecule has 2 atom stereocenters. The van der Waals surface area contributed by atoms with Gasteiger partial charge in [0, 0.05) is 24.9 Å². The van der Waals surface area contributed by atoms with E-state index in [4.69, 9.17) is 20.0 Å². The first-order chi connectivity index (χ1) is 18.7. The number of benzene rings is 1. The SMILES string of the molecule is Cc1cc(/C=C/C#N)cc(C)c1Oc1nc(NC23CC(C#N)(C2)C3)nc2c1[C@H](C)N(c1cnn(C)c1)C2C=O. The topological polar surface area (TPSA) is 133 Å². The van der Waals surface area contributed by atoms with Gasteiger partial charge in [0.25, 0.3) is 0 Å². The maximum Gasteiger partial charge on any atom is 0.229 e. The number of allylic oxidation sites excluding steroid dienone is 1. The highest BCUT2D eigenvalue weighted by atomic mass is 16.5. The second-order valence-corrected chi connectivity index (χ2v) is 11.1. The van der Waals surface area contributed by atoms with E-state index in [1.165, 1.54) is 6.08 Å². The van der Waals surface area contributed by atoms with E-state index in [0.717, 1.165) is 53.5 Å². The molecule has 0 amide bonds. The molecular formula is C29H28N8O2. The number of aryl methyl sites for hydroxylation is 3. The quantitative estimate of drug-likeness (QED) is 0.343. The molecule has 3 heterocycles. The zero-order chi connectivity index (χ0) is 27.5. The fourth-order valence-electron chi connectivity index (χ4n) is 6.53. The summed E-state index contributed by atoms with van der Waals surface area (Å²) in [4.78, 5) is 24.2. The van der Waals surface area contributed by atoms with Crippen molar-refractivity contribution in [2.24, 2.45) is 12.5 Å². The Kier molecular flexibility index (Phi) is 5.47. The van der Waals surface area contributed by atoms with Crippen molar-refractivity contribution in [1.29, 1.82) is 10.5 Å². The minimum Gasteiger partial charge on any atom is -0.438 e. The van der Waals surface area contributed by atoms with Crippen LogP contribution in [0.25, 0.3) is 6.08 Å². The minimum absolute atomic E-state index is 0.189. The predicted octanol–water partition coefficient (Wildman–Crippen LogP) is 4.84. The van der Waals surface area contributed by atoms with Gasteiger partial charge in [-0.15, -0.1) is 0 Å². The molecule has 3 aliphatic carbocycles. The van der Waals surface area contributed by atoms with Crippen molar-refractivity contribution in [2.45, 2.75) is 57.7 Å². The molecule has 39 heavy (non-hydrogen) atoms. The lowest BCUT2D eigenvalue weighted by molar-refractivity contribution is -0.109. The number of hydrogen-bond acceptors (Lipinski definition) is 9. The molecule has 3 aromatic rings. The van der Waals surface area contributed by atoms with E-state index >= 15 is 0 Å². The summed E-state index contributed by atoms with van der Waals surface area (Å²) in [5, 5.41) is 26.1. The lowest BCUT2D eigenvalue weighted by atomic mass is 9.40. The lowest BCUT2D eigenvalue weighted by Gasteiger charge is -2.66. The van der Waals surface area contributed by atoms with E-state index in [2.05, 4.69) is 16.5 Å². The van der Waals surface area contributed by atoms with Crippen molar-refractivity contribution >= 4 is 24.0 Å². The smallest absolute Gasteiger partial charge is 0.229 e. The molecule has 2 bridgehead atoms. The third-order valence-electron chi connectivity index (χ3n) is 8.15. The zero-order valence-electron chi connectivity index (χ0n) is 22.3. The molecule has 0 saturated heterocycles. The van der Waals surface area contributed by atoms with Crippen molar-refractivity contribution in [3.8, 4) is 23.8 Å². The van der Waals surface area contributed by atoms with Crippen LogP contribution < -0.4 is 15.0 Å². The van der Waals surface area contributed by atoms with Gasteiger partial charge in [-0.1, -0.05) is 0 Å². The number of nitrogens with zero attached hydrogens (tertiary/aromatic N) is 7. The molecule has 1 aromatic carbocycles. The number of anilines is 2. The van der Waals surface area contributed by atoms with E-state index in [9.17, 15) is 10.1 Å². The summed E-state index contributed by atoms with van der Waals surface area (Å²) < 4.78 is 8.26. The Morgan fingerprint density at radius 3 is 2.49 bits per heavy atom. The van der Waals surface area contributed by atoms with Crippen molar-refractivity contribution in [1.82, 2.24) is 19.7 Å². The molecule has 4 aliphatic rings. The van der Waals surface area contributed by atoms with Crippen LogP contribution in [0.5, 0.6) is 11.6 Å². The van der Waals surface area contributed by atoms with E-state index in [1.54, 1.807) is 17.0 Å². The Morgan fingerprint density at radius 2 is 1.90 bits per heavy atom.